The van der Waals surface area contributed by atoms with E-state index in [-0.39, 0.29) is 16.9 Å². The molecule has 0 bridgehead atoms. The van der Waals surface area contributed by atoms with Crippen LogP contribution in [-0.4, -0.2) is 9.97 Å². The molecule has 4 nitrogen and oxygen atoms in total. The molecule has 7 heteroatoms. The van der Waals surface area contributed by atoms with Crippen molar-refractivity contribution in [2.75, 3.05) is 5.32 Å². The third-order valence-electron chi connectivity index (χ3n) is 3.88. The lowest BCUT2D eigenvalue weighted by Crippen LogP contribution is -2.08. The molecule has 4 rings (SSSR count). The minimum atomic E-state index is -0.793. The molecule has 0 atom stereocenters. The molecule has 124 valence electrons. The van der Waals surface area contributed by atoms with E-state index in [1.807, 2.05) is 0 Å². The minimum absolute atomic E-state index is 0.101. The van der Waals surface area contributed by atoms with Crippen molar-refractivity contribution in [1.29, 1.82) is 0 Å². The molecular weight excluding hydrogens is 331 g/mol. The van der Waals surface area contributed by atoms with Crippen LogP contribution < -0.4 is 10.9 Å². The Labute approximate surface area is 138 Å². The smallest absolute Gasteiger partial charge is 0.256 e. The van der Waals surface area contributed by atoms with Gasteiger partial charge in [0, 0.05) is 17.0 Å². The van der Waals surface area contributed by atoms with Crippen molar-refractivity contribution in [2.24, 2.45) is 0 Å². The van der Waals surface area contributed by atoms with Crippen molar-refractivity contribution in [2.45, 2.75) is 0 Å². The van der Waals surface area contributed by atoms with Crippen molar-refractivity contribution in [1.82, 2.24) is 9.97 Å². The van der Waals surface area contributed by atoms with Crippen LogP contribution in [0.2, 0.25) is 0 Å². The molecule has 2 heterocycles. The van der Waals surface area contributed by atoms with Crippen molar-refractivity contribution < 1.29 is 13.2 Å². The van der Waals surface area contributed by atoms with E-state index in [0.29, 0.717) is 16.3 Å². The SMILES string of the molecule is O=c1[nH]ccc2c(Nc3c(F)cccc3F)nc3ccc(F)cc3c12. The molecule has 0 aliphatic carbocycles. The Morgan fingerprint density at radius 2 is 1.72 bits per heavy atom. The summed E-state index contributed by atoms with van der Waals surface area (Å²) in [6.45, 7) is 0. The van der Waals surface area contributed by atoms with Crippen LogP contribution in [0.25, 0.3) is 21.7 Å². The van der Waals surface area contributed by atoms with Gasteiger partial charge in [-0.2, -0.15) is 0 Å². The summed E-state index contributed by atoms with van der Waals surface area (Å²) in [5, 5.41) is 3.44. The van der Waals surface area contributed by atoms with Crippen LogP contribution in [0.4, 0.5) is 24.7 Å². The lowest BCUT2D eigenvalue weighted by molar-refractivity contribution is 0.590. The predicted octanol–water partition coefficient (Wildman–Crippen LogP) is 4.24. The summed E-state index contributed by atoms with van der Waals surface area (Å²) < 4.78 is 41.5. The van der Waals surface area contributed by atoms with Crippen LogP contribution in [0.5, 0.6) is 0 Å². The number of nitrogens with zero attached hydrogens (tertiary/aromatic N) is 1. The van der Waals surface area contributed by atoms with Gasteiger partial charge in [-0.15, -0.1) is 0 Å². The molecule has 0 fully saturated rings. The van der Waals surface area contributed by atoms with Gasteiger partial charge in [0.1, 0.15) is 29.0 Å². The Hall–Kier alpha value is -3.35. The monoisotopic (exact) mass is 341 g/mol. The van der Waals surface area contributed by atoms with Crippen LogP contribution in [0.1, 0.15) is 0 Å². The van der Waals surface area contributed by atoms with Crippen LogP contribution >= 0.6 is 0 Å². The average Bonchev–Trinajstić information content (AvgIpc) is 2.58. The van der Waals surface area contributed by atoms with E-state index in [1.54, 1.807) is 0 Å². The third kappa shape index (κ3) is 2.50. The first kappa shape index (κ1) is 15.2. The van der Waals surface area contributed by atoms with Crippen molar-refractivity contribution in [3.05, 3.63) is 76.5 Å². The van der Waals surface area contributed by atoms with Crippen molar-refractivity contribution in [3.8, 4) is 0 Å². The standard InChI is InChI=1S/C18H10F3N3O/c19-9-4-5-14-11(8-9)15-10(6-7-22-18(15)25)17(23-14)24-16-12(20)2-1-3-13(16)21/h1-8H,(H,22,25)(H,23,24). The summed E-state index contributed by atoms with van der Waals surface area (Å²) in [5.74, 6) is -2.00. The van der Waals surface area contributed by atoms with Gasteiger partial charge in [-0.25, -0.2) is 18.2 Å². The zero-order valence-electron chi connectivity index (χ0n) is 12.6. The minimum Gasteiger partial charge on any atom is -0.335 e. The van der Waals surface area contributed by atoms with Gasteiger partial charge in [-0.05, 0) is 36.4 Å². The van der Waals surface area contributed by atoms with Crippen molar-refractivity contribution >= 4 is 33.2 Å². The molecule has 0 amide bonds. The zero-order chi connectivity index (χ0) is 17.6. The van der Waals surface area contributed by atoms with Gasteiger partial charge in [-0.3, -0.25) is 4.79 Å². The second-order valence-corrected chi connectivity index (χ2v) is 5.44. The van der Waals surface area contributed by atoms with Gasteiger partial charge in [0.15, 0.2) is 0 Å². The second kappa shape index (κ2) is 5.62. The number of aromatic nitrogens is 2. The van der Waals surface area contributed by atoms with E-state index in [0.717, 1.165) is 12.1 Å². The molecule has 0 spiro atoms. The Morgan fingerprint density at radius 1 is 0.960 bits per heavy atom. The van der Waals surface area contributed by atoms with E-state index in [2.05, 4.69) is 15.3 Å². The Kier molecular flexibility index (Phi) is 3.42. The Morgan fingerprint density at radius 3 is 2.48 bits per heavy atom. The number of anilines is 2. The van der Waals surface area contributed by atoms with Gasteiger partial charge in [-0.1, -0.05) is 6.07 Å². The fourth-order valence-electron chi connectivity index (χ4n) is 2.76. The number of halogens is 3. The van der Waals surface area contributed by atoms with E-state index in [9.17, 15) is 18.0 Å². The van der Waals surface area contributed by atoms with Crippen LogP contribution in [0.3, 0.4) is 0 Å². The Bertz CT molecular complexity index is 1170. The molecular formula is C18H10F3N3O. The highest BCUT2D eigenvalue weighted by atomic mass is 19.1. The molecule has 2 aromatic heterocycles. The second-order valence-electron chi connectivity index (χ2n) is 5.44. The highest BCUT2D eigenvalue weighted by Gasteiger charge is 2.15. The maximum atomic E-state index is 13.9. The first-order chi connectivity index (χ1) is 12.0. The summed E-state index contributed by atoms with van der Waals surface area (Å²) >= 11 is 0. The highest BCUT2D eigenvalue weighted by molar-refractivity contribution is 6.10. The van der Waals surface area contributed by atoms with E-state index < -0.39 is 23.0 Å². The first-order valence-corrected chi connectivity index (χ1v) is 7.36. The quantitative estimate of drug-likeness (QED) is 0.536. The maximum absolute atomic E-state index is 13.9. The highest BCUT2D eigenvalue weighted by Crippen LogP contribution is 2.30. The number of rotatable bonds is 2. The molecule has 0 saturated carbocycles. The molecule has 25 heavy (non-hydrogen) atoms. The number of fused-ring (bicyclic) bond motifs is 3. The van der Waals surface area contributed by atoms with Gasteiger partial charge < -0.3 is 10.3 Å². The van der Waals surface area contributed by atoms with Crippen molar-refractivity contribution in [3.63, 3.8) is 0 Å². The molecule has 4 aromatic rings. The molecule has 2 aromatic carbocycles. The summed E-state index contributed by atoms with van der Waals surface area (Å²) in [6, 6.07) is 8.80. The number of para-hydroxylation sites is 1. The number of aromatic amines is 1. The predicted molar refractivity (Wildman–Crippen MR) is 89.5 cm³/mol. The van der Waals surface area contributed by atoms with Gasteiger partial charge in [0.05, 0.1) is 10.9 Å². The van der Waals surface area contributed by atoms with Gasteiger partial charge in [0.2, 0.25) is 0 Å². The molecule has 0 radical (unpaired) electrons. The first-order valence-electron chi connectivity index (χ1n) is 7.36. The topological polar surface area (TPSA) is 57.8 Å². The fourth-order valence-corrected chi connectivity index (χ4v) is 2.76. The molecule has 2 N–H and O–H groups in total. The fraction of sp³-hybridized carbons (Fsp3) is 0. The zero-order valence-corrected chi connectivity index (χ0v) is 12.6. The van der Waals surface area contributed by atoms with E-state index >= 15 is 0 Å². The largest absolute Gasteiger partial charge is 0.335 e. The third-order valence-corrected chi connectivity index (χ3v) is 3.88. The lowest BCUT2D eigenvalue weighted by Gasteiger charge is -2.12. The van der Waals surface area contributed by atoms with Crippen LogP contribution in [0.15, 0.2) is 53.5 Å². The lowest BCUT2D eigenvalue weighted by atomic mass is 10.1. The number of benzene rings is 2. The molecule has 0 unspecified atom stereocenters. The number of pyridine rings is 2. The van der Waals surface area contributed by atoms with Gasteiger partial charge >= 0.3 is 0 Å². The number of hydrogen-bond donors (Lipinski definition) is 2. The normalized spacial score (nSPS) is 11.2. The summed E-state index contributed by atoms with van der Waals surface area (Å²) in [7, 11) is 0. The number of nitrogens with one attached hydrogen (secondary N) is 2. The molecule has 0 aliphatic heterocycles. The molecule has 0 aliphatic rings. The number of H-pyrrole nitrogens is 1. The van der Waals surface area contributed by atoms with Crippen LogP contribution in [-0.2, 0) is 0 Å². The molecule has 0 saturated heterocycles. The van der Waals surface area contributed by atoms with Gasteiger partial charge in [0.25, 0.3) is 5.56 Å². The average molecular weight is 341 g/mol. The summed E-state index contributed by atoms with van der Waals surface area (Å²) in [5.41, 5.74) is -0.504. The number of hydrogen-bond acceptors (Lipinski definition) is 3. The van der Waals surface area contributed by atoms with E-state index in [1.165, 1.54) is 36.5 Å². The summed E-state index contributed by atoms with van der Waals surface area (Å²) in [4.78, 5) is 19.1. The maximum Gasteiger partial charge on any atom is 0.256 e. The summed E-state index contributed by atoms with van der Waals surface area (Å²) in [6.07, 6.45) is 1.39. The van der Waals surface area contributed by atoms with Crippen LogP contribution in [0, 0.1) is 17.5 Å². The Balaban J connectivity index is 2.05. The van der Waals surface area contributed by atoms with E-state index in [4.69, 9.17) is 0 Å².